The molecule has 0 aliphatic carbocycles. The first-order valence-electron chi connectivity index (χ1n) is 10.8. The number of imidazole rings is 1. The van der Waals surface area contributed by atoms with E-state index in [1.807, 2.05) is 25.5 Å². The summed E-state index contributed by atoms with van der Waals surface area (Å²) >= 11 is 1.50. The maximum Gasteiger partial charge on any atom is 0.205 e. The van der Waals surface area contributed by atoms with Gasteiger partial charge >= 0.3 is 0 Å². The normalized spacial score (nSPS) is 14.8. The van der Waals surface area contributed by atoms with Crippen LogP contribution in [0.15, 0.2) is 47.7 Å². The maximum absolute atomic E-state index is 4.62. The van der Waals surface area contributed by atoms with Crippen LogP contribution in [0.25, 0.3) is 0 Å². The van der Waals surface area contributed by atoms with Crippen molar-refractivity contribution in [3.05, 3.63) is 59.9 Å². The summed E-state index contributed by atoms with van der Waals surface area (Å²) < 4.78 is 6.62. The van der Waals surface area contributed by atoms with Crippen molar-refractivity contribution < 1.29 is 0 Å². The quantitative estimate of drug-likeness (QED) is 0.451. The van der Waals surface area contributed by atoms with Crippen LogP contribution in [0.1, 0.15) is 24.1 Å². The molecule has 164 valence electrons. The third-order valence-electron chi connectivity index (χ3n) is 5.46. The minimum atomic E-state index is 0.801. The molecule has 0 amide bonds. The Morgan fingerprint density at radius 2 is 1.97 bits per heavy atom. The summed E-state index contributed by atoms with van der Waals surface area (Å²) in [7, 11) is 1.85. The summed E-state index contributed by atoms with van der Waals surface area (Å²) in [5.41, 5.74) is 1.28. The molecule has 0 spiro atoms. The zero-order valence-electron chi connectivity index (χ0n) is 18.2. The van der Waals surface area contributed by atoms with Gasteiger partial charge in [-0.15, -0.1) is 0 Å². The van der Waals surface area contributed by atoms with Crippen LogP contribution in [0.2, 0.25) is 0 Å². The SMILES string of the molecule is CCc1nsc(N2CCN(C(=NC)NCCc3nccn3Cc3ccccc3)CC2)n1. The van der Waals surface area contributed by atoms with Crippen LogP contribution < -0.4 is 10.2 Å². The summed E-state index contributed by atoms with van der Waals surface area (Å²) in [6.07, 6.45) is 5.66. The molecule has 9 heteroatoms. The van der Waals surface area contributed by atoms with E-state index in [0.29, 0.717) is 0 Å². The van der Waals surface area contributed by atoms with Gasteiger partial charge in [-0.2, -0.15) is 4.37 Å². The largest absolute Gasteiger partial charge is 0.356 e. The van der Waals surface area contributed by atoms with Gasteiger partial charge in [-0.3, -0.25) is 4.99 Å². The zero-order valence-corrected chi connectivity index (χ0v) is 19.1. The molecule has 1 saturated heterocycles. The smallest absolute Gasteiger partial charge is 0.205 e. The second kappa shape index (κ2) is 10.4. The third-order valence-corrected chi connectivity index (χ3v) is 6.28. The van der Waals surface area contributed by atoms with Gasteiger partial charge in [0.1, 0.15) is 11.6 Å². The van der Waals surface area contributed by atoms with Crippen molar-refractivity contribution in [2.75, 3.05) is 44.7 Å². The molecule has 0 bridgehead atoms. The monoisotopic (exact) mass is 438 g/mol. The lowest BCUT2D eigenvalue weighted by Crippen LogP contribution is -2.52. The molecule has 1 aliphatic heterocycles. The highest BCUT2D eigenvalue weighted by atomic mass is 32.1. The Hall–Kier alpha value is -2.94. The highest BCUT2D eigenvalue weighted by Crippen LogP contribution is 2.19. The van der Waals surface area contributed by atoms with Crippen molar-refractivity contribution in [1.82, 2.24) is 29.1 Å². The first-order valence-corrected chi connectivity index (χ1v) is 11.6. The Balaban J connectivity index is 1.26. The number of nitrogens with zero attached hydrogens (tertiary/aromatic N) is 7. The fraction of sp³-hybridized carbons (Fsp3) is 0.455. The van der Waals surface area contributed by atoms with E-state index in [-0.39, 0.29) is 0 Å². The van der Waals surface area contributed by atoms with Crippen molar-refractivity contribution in [2.45, 2.75) is 26.3 Å². The Kier molecular flexibility index (Phi) is 7.14. The van der Waals surface area contributed by atoms with Crippen LogP contribution in [-0.4, -0.2) is 69.5 Å². The number of aromatic nitrogens is 4. The van der Waals surface area contributed by atoms with Gasteiger partial charge in [0, 0.05) is 83.1 Å². The number of hydrogen-bond donors (Lipinski definition) is 1. The average Bonchev–Trinajstić information content (AvgIpc) is 3.47. The fourth-order valence-corrected chi connectivity index (χ4v) is 4.54. The van der Waals surface area contributed by atoms with E-state index < -0.39 is 0 Å². The van der Waals surface area contributed by atoms with E-state index in [1.54, 1.807) is 0 Å². The molecule has 0 atom stereocenters. The first-order chi connectivity index (χ1) is 15.3. The Morgan fingerprint density at radius 1 is 1.16 bits per heavy atom. The topological polar surface area (TPSA) is 74.5 Å². The van der Waals surface area contributed by atoms with Gasteiger partial charge in [0.25, 0.3) is 0 Å². The molecule has 4 rings (SSSR count). The predicted octanol–water partition coefficient (Wildman–Crippen LogP) is 2.29. The van der Waals surface area contributed by atoms with Crippen LogP contribution >= 0.6 is 11.5 Å². The predicted molar refractivity (Wildman–Crippen MR) is 126 cm³/mol. The summed E-state index contributed by atoms with van der Waals surface area (Å²) in [4.78, 5) is 18.3. The molecule has 1 aliphatic rings. The number of piperazine rings is 1. The molecule has 31 heavy (non-hydrogen) atoms. The number of hydrogen-bond acceptors (Lipinski definition) is 6. The van der Waals surface area contributed by atoms with Gasteiger partial charge in [-0.25, -0.2) is 9.97 Å². The number of aryl methyl sites for hydroxylation is 1. The van der Waals surface area contributed by atoms with Crippen LogP contribution in [0.5, 0.6) is 0 Å². The van der Waals surface area contributed by atoms with Crippen molar-refractivity contribution in [3.8, 4) is 0 Å². The van der Waals surface area contributed by atoms with Crippen LogP contribution in [0, 0.1) is 0 Å². The maximum atomic E-state index is 4.62. The van der Waals surface area contributed by atoms with Gasteiger partial charge in [0.15, 0.2) is 5.96 Å². The lowest BCUT2D eigenvalue weighted by atomic mass is 10.2. The highest BCUT2D eigenvalue weighted by molar-refractivity contribution is 7.09. The summed E-state index contributed by atoms with van der Waals surface area (Å²) in [5.74, 6) is 2.97. The van der Waals surface area contributed by atoms with Crippen molar-refractivity contribution in [2.24, 2.45) is 4.99 Å². The molecule has 2 aromatic heterocycles. The van der Waals surface area contributed by atoms with E-state index in [2.05, 4.69) is 70.2 Å². The second-order valence-corrected chi connectivity index (χ2v) is 8.23. The van der Waals surface area contributed by atoms with Crippen molar-refractivity contribution >= 4 is 22.6 Å². The van der Waals surface area contributed by atoms with E-state index >= 15 is 0 Å². The third kappa shape index (κ3) is 5.41. The molecule has 0 saturated carbocycles. The lowest BCUT2D eigenvalue weighted by molar-refractivity contribution is 0.372. The Labute approximate surface area is 187 Å². The van der Waals surface area contributed by atoms with Crippen molar-refractivity contribution in [1.29, 1.82) is 0 Å². The van der Waals surface area contributed by atoms with Gasteiger partial charge in [0.2, 0.25) is 5.13 Å². The van der Waals surface area contributed by atoms with E-state index in [0.717, 1.165) is 74.9 Å². The summed E-state index contributed by atoms with van der Waals surface area (Å²) in [5, 5.41) is 4.55. The highest BCUT2D eigenvalue weighted by Gasteiger charge is 2.22. The van der Waals surface area contributed by atoms with E-state index in [9.17, 15) is 0 Å². The fourth-order valence-electron chi connectivity index (χ4n) is 3.74. The van der Waals surface area contributed by atoms with Gasteiger partial charge in [-0.1, -0.05) is 37.3 Å². The number of rotatable bonds is 7. The Bertz CT molecular complexity index is 972. The van der Waals surface area contributed by atoms with Crippen molar-refractivity contribution in [3.63, 3.8) is 0 Å². The minimum Gasteiger partial charge on any atom is -0.356 e. The molecule has 1 fully saturated rings. The molecule has 3 aromatic rings. The molecule has 0 radical (unpaired) electrons. The summed E-state index contributed by atoms with van der Waals surface area (Å²) in [6, 6.07) is 10.5. The van der Waals surface area contributed by atoms with E-state index in [4.69, 9.17) is 0 Å². The molecule has 1 N–H and O–H groups in total. The molecular weight excluding hydrogens is 408 g/mol. The summed E-state index contributed by atoms with van der Waals surface area (Å²) in [6.45, 7) is 7.44. The zero-order chi connectivity index (χ0) is 21.5. The Morgan fingerprint density at radius 3 is 2.68 bits per heavy atom. The van der Waals surface area contributed by atoms with Crippen LogP contribution in [-0.2, 0) is 19.4 Å². The molecule has 3 heterocycles. The first kappa shape index (κ1) is 21.3. The van der Waals surface area contributed by atoms with Crippen LogP contribution in [0.4, 0.5) is 5.13 Å². The van der Waals surface area contributed by atoms with Gasteiger partial charge < -0.3 is 19.7 Å². The second-order valence-electron chi connectivity index (χ2n) is 7.50. The number of benzene rings is 1. The lowest BCUT2D eigenvalue weighted by Gasteiger charge is -2.36. The molecular formula is C22H30N8S. The standard InChI is InChI=1S/C22H30N8S/c1-3-19-26-22(31-27-19)29-15-13-28(14-16-29)21(23-2)25-10-9-20-24-11-12-30(20)17-18-7-5-4-6-8-18/h4-8,11-12H,3,9-10,13-17H2,1-2H3,(H,23,25). The number of aliphatic imine (C=N–C) groups is 1. The number of anilines is 1. The van der Waals surface area contributed by atoms with Gasteiger partial charge in [-0.05, 0) is 5.56 Å². The minimum absolute atomic E-state index is 0.801. The van der Waals surface area contributed by atoms with E-state index in [1.165, 1.54) is 17.1 Å². The van der Waals surface area contributed by atoms with Crippen LogP contribution in [0.3, 0.4) is 0 Å². The number of nitrogens with one attached hydrogen (secondary N) is 1. The number of guanidine groups is 1. The molecule has 1 aromatic carbocycles. The molecule has 0 unspecified atom stereocenters. The molecule has 8 nitrogen and oxygen atoms in total. The van der Waals surface area contributed by atoms with Gasteiger partial charge in [0.05, 0.1) is 0 Å². The average molecular weight is 439 g/mol.